The Morgan fingerprint density at radius 2 is 2.00 bits per heavy atom. The monoisotopic (exact) mass is 177 g/mol. The minimum Gasteiger partial charge on any atom is -0.506 e. The van der Waals surface area contributed by atoms with Crippen LogP contribution in [0.15, 0.2) is 11.0 Å². The number of pyridine rings is 1. The number of hydrogen-bond donors (Lipinski definition) is 3. The summed E-state index contributed by atoms with van der Waals surface area (Å²) < 4.78 is 24.0. The first-order valence-electron chi connectivity index (χ1n) is 2.95. The van der Waals surface area contributed by atoms with E-state index in [2.05, 4.69) is 0 Å². The molecule has 0 bridgehead atoms. The van der Waals surface area contributed by atoms with Gasteiger partial charge in [-0.15, -0.1) is 0 Å². The van der Waals surface area contributed by atoms with Gasteiger partial charge in [-0.1, -0.05) is 0 Å². The fourth-order valence-corrected chi connectivity index (χ4v) is 0.739. The van der Waals surface area contributed by atoms with E-state index in [0.717, 1.165) is 0 Å². The highest BCUT2D eigenvalue weighted by molar-refractivity contribution is 5.40. The van der Waals surface area contributed by atoms with Gasteiger partial charge >= 0.3 is 0 Å². The molecule has 0 fully saturated rings. The third-order valence-electron chi connectivity index (χ3n) is 1.30. The van der Waals surface area contributed by atoms with Crippen molar-refractivity contribution < 1.29 is 19.0 Å². The van der Waals surface area contributed by atoms with Crippen molar-refractivity contribution in [2.24, 2.45) is 0 Å². The maximum atomic E-state index is 12.0. The highest BCUT2D eigenvalue weighted by Gasteiger charge is 2.19. The smallest absolute Gasteiger partial charge is 0.290 e. The van der Waals surface area contributed by atoms with Gasteiger partial charge in [0.05, 0.1) is 0 Å². The lowest BCUT2D eigenvalue weighted by Crippen LogP contribution is -2.06. The molecule has 0 aromatic carbocycles. The zero-order valence-electron chi connectivity index (χ0n) is 5.71. The summed E-state index contributed by atoms with van der Waals surface area (Å²) in [6, 6.07) is 0. The number of nitrogens with one attached hydrogen (secondary N) is 1. The summed E-state index contributed by atoms with van der Waals surface area (Å²) in [5.41, 5.74) is -2.10. The molecule has 1 rings (SSSR count). The molecular formula is C6H5F2NO3. The number of hydrogen-bond acceptors (Lipinski definition) is 3. The van der Waals surface area contributed by atoms with Gasteiger partial charge < -0.3 is 15.2 Å². The van der Waals surface area contributed by atoms with Gasteiger partial charge in [-0.05, 0) is 0 Å². The second kappa shape index (κ2) is 2.80. The minimum absolute atomic E-state index is 0.698. The van der Waals surface area contributed by atoms with Gasteiger partial charge in [0, 0.05) is 6.20 Å². The molecule has 66 valence electrons. The van der Waals surface area contributed by atoms with E-state index in [-0.39, 0.29) is 0 Å². The molecule has 0 unspecified atom stereocenters. The van der Waals surface area contributed by atoms with E-state index in [9.17, 15) is 13.6 Å². The van der Waals surface area contributed by atoms with Crippen LogP contribution in [0.5, 0.6) is 11.5 Å². The van der Waals surface area contributed by atoms with Crippen LogP contribution in [0.4, 0.5) is 8.78 Å². The molecule has 0 atom stereocenters. The van der Waals surface area contributed by atoms with Crippen molar-refractivity contribution >= 4 is 0 Å². The molecule has 1 aromatic heterocycles. The zero-order chi connectivity index (χ0) is 9.30. The van der Waals surface area contributed by atoms with Gasteiger partial charge in [-0.3, -0.25) is 4.79 Å². The maximum absolute atomic E-state index is 12.0. The summed E-state index contributed by atoms with van der Waals surface area (Å²) in [5, 5.41) is 17.5. The van der Waals surface area contributed by atoms with Gasteiger partial charge in [0.1, 0.15) is 11.3 Å². The van der Waals surface area contributed by atoms with E-state index >= 15 is 0 Å². The van der Waals surface area contributed by atoms with Crippen LogP contribution in [0, 0.1) is 0 Å². The standard InChI is InChI=1S/C6H5F2NO3/c7-5(8)3-2(10)1-9-6(12)4(3)11/h1,5,10-11H,(H,9,12). The van der Waals surface area contributed by atoms with Crippen LogP contribution < -0.4 is 5.56 Å². The summed E-state index contributed by atoms with van der Waals surface area (Å²) in [6.07, 6.45) is -2.38. The van der Waals surface area contributed by atoms with Crippen molar-refractivity contribution in [1.82, 2.24) is 4.98 Å². The summed E-state index contributed by atoms with van der Waals surface area (Å²) >= 11 is 0. The molecule has 0 saturated carbocycles. The number of alkyl halides is 2. The third-order valence-corrected chi connectivity index (χ3v) is 1.30. The largest absolute Gasteiger partial charge is 0.506 e. The van der Waals surface area contributed by atoms with Gasteiger partial charge in [0.15, 0.2) is 5.75 Å². The fraction of sp³-hybridized carbons (Fsp3) is 0.167. The Morgan fingerprint density at radius 3 is 2.42 bits per heavy atom. The van der Waals surface area contributed by atoms with Crippen LogP contribution in [-0.4, -0.2) is 15.2 Å². The van der Waals surface area contributed by atoms with Gasteiger partial charge in [0.25, 0.3) is 12.0 Å². The molecule has 0 saturated heterocycles. The Morgan fingerprint density at radius 1 is 1.42 bits per heavy atom. The maximum Gasteiger partial charge on any atom is 0.290 e. The molecule has 0 radical (unpaired) electrons. The molecule has 4 nitrogen and oxygen atoms in total. The predicted molar refractivity (Wildman–Crippen MR) is 35.3 cm³/mol. The molecule has 3 N–H and O–H groups in total. The summed E-state index contributed by atoms with van der Waals surface area (Å²) in [7, 11) is 0. The first-order chi connectivity index (χ1) is 5.54. The Bertz CT molecular complexity index is 347. The zero-order valence-corrected chi connectivity index (χ0v) is 5.71. The Hall–Kier alpha value is -1.59. The van der Waals surface area contributed by atoms with Crippen molar-refractivity contribution in [2.75, 3.05) is 0 Å². The predicted octanol–water partition coefficient (Wildman–Crippen LogP) is 0.724. The van der Waals surface area contributed by atoms with Crippen LogP contribution in [0.2, 0.25) is 0 Å². The summed E-state index contributed by atoms with van der Waals surface area (Å²) in [5.74, 6) is -1.98. The van der Waals surface area contributed by atoms with Gasteiger partial charge in [-0.2, -0.15) is 0 Å². The molecule has 0 aliphatic heterocycles. The Labute approximate surface area is 65.1 Å². The molecule has 0 spiro atoms. The molecule has 0 amide bonds. The topological polar surface area (TPSA) is 73.3 Å². The van der Waals surface area contributed by atoms with Crippen molar-refractivity contribution in [3.8, 4) is 11.5 Å². The molecule has 0 aliphatic carbocycles. The Balaban J connectivity index is 3.43. The molecular weight excluding hydrogens is 172 g/mol. The van der Waals surface area contributed by atoms with Crippen molar-refractivity contribution in [1.29, 1.82) is 0 Å². The number of aromatic hydroxyl groups is 2. The number of halogens is 2. The lowest BCUT2D eigenvalue weighted by molar-refractivity contribution is 0.143. The van der Waals surface area contributed by atoms with E-state index in [1.807, 2.05) is 4.98 Å². The second-order valence-corrected chi connectivity index (χ2v) is 2.07. The molecule has 1 heterocycles. The average Bonchev–Trinajstić information content (AvgIpc) is 1.97. The van der Waals surface area contributed by atoms with E-state index in [1.165, 1.54) is 0 Å². The normalized spacial score (nSPS) is 10.6. The van der Waals surface area contributed by atoms with Crippen molar-refractivity contribution in [2.45, 2.75) is 6.43 Å². The van der Waals surface area contributed by atoms with Crippen LogP contribution in [0.25, 0.3) is 0 Å². The average molecular weight is 177 g/mol. The van der Waals surface area contributed by atoms with Crippen molar-refractivity contribution in [3.63, 3.8) is 0 Å². The van der Waals surface area contributed by atoms with Gasteiger partial charge in [0.2, 0.25) is 0 Å². The van der Waals surface area contributed by atoms with Crippen LogP contribution in [-0.2, 0) is 0 Å². The second-order valence-electron chi connectivity index (χ2n) is 2.07. The SMILES string of the molecule is O=c1[nH]cc(O)c(C(F)F)c1O. The number of H-pyrrole nitrogens is 1. The fourth-order valence-electron chi connectivity index (χ4n) is 0.739. The number of rotatable bonds is 1. The van der Waals surface area contributed by atoms with Crippen LogP contribution in [0.3, 0.4) is 0 Å². The third kappa shape index (κ3) is 1.23. The van der Waals surface area contributed by atoms with Gasteiger partial charge in [-0.25, -0.2) is 8.78 Å². The first-order valence-corrected chi connectivity index (χ1v) is 2.95. The lowest BCUT2D eigenvalue weighted by atomic mass is 10.2. The molecule has 0 aliphatic rings. The minimum atomic E-state index is -3.08. The lowest BCUT2D eigenvalue weighted by Gasteiger charge is -2.03. The van der Waals surface area contributed by atoms with E-state index in [0.29, 0.717) is 6.20 Å². The quantitative estimate of drug-likeness (QED) is 0.591. The Kier molecular flexibility index (Phi) is 1.99. The highest BCUT2D eigenvalue weighted by Crippen LogP contribution is 2.31. The highest BCUT2D eigenvalue weighted by atomic mass is 19.3. The first kappa shape index (κ1) is 8.51. The molecule has 6 heteroatoms. The van der Waals surface area contributed by atoms with Crippen LogP contribution in [0.1, 0.15) is 12.0 Å². The van der Waals surface area contributed by atoms with E-state index in [1.54, 1.807) is 0 Å². The number of aromatic nitrogens is 1. The van der Waals surface area contributed by atoms with Crippen LogP contribution >= 0.6 is 0 Å². The van der Waals surface area contributed by atoms with E-state index in [4.69, 9.17) is 10.2 Å². The van der Waals surface area contributed by atoms with Crippen molar-refractivity contribution in [3.05, 3.63) is 22.1 Å². The van der Waals surface area contributed by atoms with E-state index < -0.39 is 29.0 Å². The summed E-state index contributed by atoms with van der Waals surface area (Å²) in [6.45, 7) is 0. The summed E-state index contributed by atoms with van der Waals surface area (Å²) in [4.78, 5) is 12.4. The molecule has 1 aromatic rings. The number of aromatic amines is 1. The molecule has 12 heavy (non-hydrogen) atoms.